The monoisotopic (exact) mass is 1040 g/mol. The molecule has 0 aliphatic heterocycles. The van der Waals surface area contributed by atoms with Gasteiger partial charge >= 0.3 is 11.9 Å². The average molecular weight is 1040 g/mol. The molecule has 1 N–H and O–H groups in total. The lowest BCUT2D eigenvalue weighted by Gasteiger charge is -2.15. The first-order chi connectivity index (χ1) is 37.6. The zero-order valence-corrected chi connectivity index (χ0v) is 47.7. The standard InChI is InChI=1S/C71H104O5/c1-3-5-7-9-11-13-15-17-19-21-23-25-27-29-31-32-33-34-35-36-37-38-40-42-44-46-48-50-52-54-56-58-60-62-64-66-71(74)76-69(67-72)68-75-70(73)65-63-61-59-57-55-53-51-49-47-45-43-41-39-30-28-26-24-22-20-18-16-14-12-10-8-6-4-2/h5-8,11-14,17-20,23-26,29-31,33-34,36-37,39-40,42-43,45-46,48-49,51-52,54-55,57,69,72H,3-4,9-10,15-16,21-22,27-28,32,35,38,41,44,47,50,53,56,58-68H2,1-2H3/b7-5-,8-6-,13-11-,14-12-,19-17-,20-18-,25-23-,26-24-,31-29-,34-33-,37-36-,39-30-,42-40-,45-43-,48-46-,51-49-,54-52-,57-55-. The summed E-state index contributed by atoms with van der Waals surface area (Å²) in [6.07, 6.45) is 105. The minimum absolute atomic E-state index is 0.117. The predicted octanol–water partition coefficient (Wildman–Crippen LogP) is 20.4. The van der Waals surface area contributed by atoms with Crippen LogP contribution in [0.15, 0.2) is 219 Å². The second-order valence-corrected chi connectivity index (χ2v) is 18.2. The van der Waals surface area contributed by atoms with Crippen LogP contribution in [0.1, 0.15) is 194 Å². The molecule has 0 spiro atoms. The first-order valence-corrected chi connectivity index (χ1v) is 29.3. The summed E-state index contributed by atoms with van der Waals surface area (Å²) in [6, 6.07) is 0. The highest BCUT2D eigenvalue weighted by molar-refractivity contribution is 5.70. The molecule has 0 aromatic rings. The van der Waals surface area contributed by atoms with Crippen LogP contribution in [0, 0.1) is 0 Å². The van der Waals surface area contributed by atoms with E-state index >= 15 is 0 Å². The Balaban J connectivity index is 3.75. The largest absolute Gasteiger partial charge is 0.462 e. The number of rotatable bonds is 50. The third-order valence-corrected chi connectivity index (χ3v) is 11.3. The lowest BCUT2D eigenvalue weighted by atomic mass is 10.1. The van der Waals surface area contributed by atoms with Crippen molar-refractivity contribution in [3.8, 4) is 0 Å². The van der Waals surface area contributed by atoms with Gasteiger partial charge in [0, 0.05) is 12.8 Å². The zero-order chi connectivity index (χ0) is 54.8. The zero-order valence-electron chi connectivity index (χ0n) is 47.7. The molecule has 0 amide bonds. The Kier molecular flexibility index (Phi) is 58.7. The van der Waals surface area contributed by atoms with Crippen LogP contribution in [-0.4, -0.2) is 36.4 Å². The molecule has 0 radical (unpaired) electrons. The second kappa shape index (κ2) is 63.5. The molecule has 1 unspecified atom stereocenters. The summed E-state index contributed by atoms with van der Waals surface area (Å²) >= 11 is 0. The van der Waals surface area contributed by atoms with Gasteiger partial charge in [0.1, 0.15) is 6.61 Å². The van der Waals surface area contributed by atoms with Gasteiger partial charge < -0.3 is 14.6 Å². The number of esters is 2. The highest BCUT2D eigenvalue weighted by Crippen LogP contribution is 2.10. The number of carbonyl (C=O) groups is 2. The van der Waals surface area contributed by atoms with Crippen LogP contribution in [0.25, 0.3) is 0 Å². The minimum Gasteiger partial charge on any atom is -0.462 e. The highest BCUT2D eigenvalue weighted by Gasteiger charge is 2.16. The van der Waals surface area contributed by atoms with Gasteiger partial charge in [-0.2, -0.15) is 0 Å². The quantitative estimate of drug-likeness (QED) is 0.0373. The Labute approximate surface area is 465 Å². The van der Waals surface area contributed by atoms with E-state index in [0.29, 0.717) is 12.8 Å². The van der Waals surface area contributed by atoms with E-state index in [1.807, 2.05) is 0 Å². The molecular weight excluding hydrogens is 933 g/mol. The normalized spacial score (nSPS) is 13.9. The summed E-state index contributed by atoms with van der Waals surface area (Å²) in [7, 11) is 0. The molecule has 0 aromatic heterocycles. The van der Waals surface area contributed by atoms with Crippen molar-refractivity contribution in [1.82, 2.24) is 0 Å². The van der Waals surface area contributed by atoms with E-state index in [4.69, 9.17) is 9.47 Å². The fraction of sp³-hybridized carbons (Fsp3) is 0.465. The van der Waals surface area contributed by atoms with Crippen molar-refractivity contribution in [3.63, 3.8) is 0 Å². The molecule has 0 rings (SSSR count). The Morgan fingerprint density at radius 3 is 0.803 bits per heavy atom. The first-order valence-electron chi connectivity index (χ1n) is 29.3. The van der Waals surface area contributed by atoms with Crippen molar-refractivity contribution in [2.45, 2.75) is 200 Å². The predicted molar refractivity (Wildman–Crippen MR) is 333 cm³/mol. The molecule has 0 saturated carbocycles. The molecule has 1 atom stereocenters. The molecule has 0 saturated heterocycles. The maximum atomic E-state index is 12.3. The fourth-order valence-corrected chi connectivity index (χ4v) is 6.95. The highest BCUT2D eigenvalue weighted by atomic mass is 16.6. The molecule has 0 fully saturated rings. The summed E-state index contributed by atoms with van der Waals surface area (Å²) in [4.78, 5) is 24.5. The molecular formula is C71H104O5. The SMILES string of the molecule is CC/C=C\C/C=C\C/C=C\C/C=C\C/C=C\C/C=C\C/C=C\C/C=C\C/C=C\C/C=C\CCCCCCC(=O)OC(CO)COC(=O)CCCC/C=C\C/C=C\C/C=C\C/C=C\C/C=C\C/C=C\C/C=C\C/C=C\CC. The van der Waals surface area contributed by atoms with Crippen LogP contribution in [0.4, 0.5) is 0 Å². The Morgan fingerprint density at radius 2 is 0.526 bits per heavy atom. The summed E-state index contributed by atoms with van der Waals surface area (Å²) < 4.78 is 10.6. The van der Waals surface area contributed by atoms with Gasteiger partial charge in [-0.1, -0.05) is 245 Å². The van der Waals surface area contributed by atoms with E-state index in [2.05, 4.69) is 233 Å². The fourth-order valence-electron chi connectivity index (χ4n) is 6.95. The van der Waals surface area contributed by atoms with E-state index in [1.165, 1.54) is 0 Å². The van der Waals surface area contributed by atoms with Crippen molar-refractivity contribution in [2.24, 2.45) is 0 Å². The van der Waals surface area contributed by atoms with Crippen molar-refractivity contribution in [1.29, 1.82) is 0 Å². The van der Waals surface area contributed by atoms with Crippen molar-refractivity contribution >= 4 is 11.9 Å². The topological polar surface area (TPSA) is 72.8 Å². The van der Waals surface area contributed by atoms with E-state index < -0.39 is 6.10 Å². The molecule has 5 heteroatoms. The van der Waals surface area contributed by atoms with Gasteiger partial charge in [-0.25, -0.2) is 0 Å². The van der Waals surface area contributed by atoms with E-state index in [-0.39, 0.29) is 25.2 Å². The molecule has 418 valence electrons. The number of aliphatic hydroxyl groups excluding tert-OH is 1. The van der Waals surface area contributed by atoms with Crippen molar-refractivity contribution in [3.05, 3.63) is 219 Å². The van der Waals surface area contributed by atoms with Crippen molar-refractivity contribution in [2.75, 3.05) is 13.2 Å². The maximum absolute atomic E-state index is 12.3. The number of ether oxygens (including phenoxy) is 2. The lowest BCUT2D eigenvalue weighted by molar-refractivity contribution is -0.161. The van der Waals surface area contributed by atoms with Crippen LogP contribution in [-0.2, 0) is 19.1 Å². The van der Waals surface area contributed by atoms with E-state index in [1.54, 1.807) is 0 Å². The summed E-state index contributed by atoms with van der Waals surface area (Å²) in [6.45, 7) is 3.83. The number of aliphatic hydroxyl groups is 1. The van der Waals surface area contributed by atoms with Crippen LogP contribution >= 0.6 is 0 Å². The van der Waals surface area contributed by atoms with Crippen LogP contribution < -0.4 is 0 Å². The van der Waals surface area contributed by atoms with E-state index in [0.717, 1.165) is 167 Å². The van der Waals surface area contributed by atoms with Gasteiger partial charge in [0.2, 0.25) is 0 Å². The average Bonchev–Trinajstić information content (AvgIpc) is 3.42. The lowest BCUT2D eigenvalue weighted by Crippen LogP contribution is -2.28. The molecule has 5 nitrogen and oxygen atoms in total. The van der Waals surface area contributed by atoms with Gasteiger partial charge in [-0.05, 0) is 154 Å². The smallest absolute Gasteiger partial charge is 0.306 e. The molecule has 0 bridgehead atoms. The summed E-state index contributed by atoms with van der Waals surface area (Å²) in [5.41, 5.74) is 0. The number of hydrogen-bond donors (Lipinski definition) is 1. The number of unbranched alkanes of at least 4 members (excludes halogenated alkanes) is 6. The minimum atomic E-state index is -0.825. The Morgan fingerprint density at radius 1 is 0.303 bits per heavy atom. The van der Waals surface area contributed by atoms with Crippen LogP contribution in [0.2, 0.25) is 0 Å². The molecule has 0 aliphatic rings. The molecule has 0 aromatic carbocycles. The molecule has 76 heavy (non-hydrogen) atoms. The van der Waals surface area contributed by atoms with Gasteiger partial charge in [-0.15, -0.1) is 0 Å². The molecule has 0 heterocycles. The Hall–Kier alpha value is -5.78. The maximum Gasteiger partial charge on any atom is 0.306 e. The Bertz CT molecular complexity index is 1890. The van der Waals surface area contributed by atoms with Gasteiger partial charge in [0.15, 0.2) is 6.10 Å². The third kappa shape index (κ3) is 60.8. The van der Waals surface area contributed by atoms with Gasteiger partial charge in [0.25, 0.3) is 0 Å². The van der Waals surface area contributed by atoms with Crippen molar-refractivity contribution < 1.29 is 24.2 Å². The first kappa shape index (κ1) is 70.2. The third-order valence-electron chi connectivity index (χ3n) is 11.3. The number of hydrogen-bond acceptors (Lipinski definition) is 5. The molecule has 0 aliphatic carbocycles. The van der Waals surface area contributed by atoms with Gasteiger partial charge in [0.05, 0.1) is 6.61 Å². The van der Waals surface area contributed by atoms with Gasteiger partial charge in [-0.3, -0.25) is 9.59 Å². The number of carbonyl (C=O) groups excluding carboxylic acids is 2. The second-order valence-electron chi connectivity index (χ2n) is 18.2. The number of allylic oxidation sites excluding steroid dienone is 36. The summed E-state index contributed by atoms with van der Waals surface area (Å²) in [5, 5.41) is 9.65. The van der Waals surface area contributed by atoms with E-state index in [9.17, 15) is 14.7 Å². The van der Waals surface area contributed by atoms with Crippen LogP contribution in [0.5, 0.6) is 0 Å². The summed E-state index contributed by atoms with van der Waals surface area (Å²) in [5.74, 6) is -0.693. The van der Waals surface area contributed by atoms with Crippen LogP contribution in [0.3, 0.4) is 0 Å².